The molecule has 0 heterocycles. The summed E-state index contributed by atoms with van der Waals surface area (Å²) in [5, 5.41) is 3.61. The Hall–Kier alpha value is -0.820. The fourth-order valence-electron chi connectivity index (χ4n) is 2.18. The summed E-state index contributed by atoms with van der Waals surface area (Å²) in [5.74, 6) is 0.738. The smallest absolute Gasteiger partial charge is 0.00683 e. The molecule has 1 unspecified atom stereocenters. The summed E-state index contributed by atoms with van der Waals surface area (Å²) < 4.78 is 0. The largest absolute Gasteiger partial charge is 0.314 e. The quantitative estimate of drug-likeness (QED) is 0.798. The van der Waals surface area contributed by atoms with Gasteiger partial charge in [0.15, 0.2) is 0 Å². The van der Waals surface area contributed by atoms with E-state index in [9.17, 15) is 0 Å². The molecule has 1 nitrogen and oxygen atoms in total. The summed E-state index contributed by atoms with van der Waals surface area (Å²) in [4.78, 5) is 0. The lowest BCUT2D eigenvalue weighted by atomic mass is 9.96. The number of nitrogens with one attached hydrogen (secondary N) is 1. The van der Waals surface area contributed by atoms with Gasteiger partial charge in [-0.25, -0.2) is 0 Å². The topological polar surface area (TPSA) is 12.0 Å². The van der Waals surface area contributed by atoms with Crippen molar-refractivity contribution >= 4 is 0 Å². The predicted octanol–water partition coefficient (Wildman–Crippen LogP) is 3.23. The van der Waals surface area contributed by atoms with Crippen LogP contribution in [-0.2, 0) is 6.42 Å². The van der Waals surface area contributed by atoms with E-state index in [1.54, 1.807) is 0 Å². The molecule has 0 bridgehead atoms. The molecular weight excluding hydrogens is 194 g/mol. The van der Waals surface area contributed by atoms with Crippen molar-refractivity contribution in [1.29, 1.82) is 0 Å². The van der Waals surface area contributed by atoms with Gasteiger partial charge in [0, 0.05) is 6.04 Å². The monoisotopic (exact) mass is 217 g/mol. The van der Waals surface area contributed by atoms with Crippen LogP contribution >= 0.6 is 0 Å². The van der Waals surface area contributed by atoms with E-state index >= 15 is 0 Å². The Morgan fingerprint density at radius 1 is 1.31 bits per heavy atom. The summed E-state index contributed by atoms with van der Waals surface area (Å²) >= 11 is 0. The molecule has 1 N–H and O–H groups in total. The zero-order valence-electron chi connectivity index (χ0n) is 10.7. The fraction of sp³-hybridized carbons (Fsp3) is 0.600. The molecule has 0 radical (unpaired) electrons. The molecule has 1 atom stereocenters. The van der Waals surface area contributed by atoms with Crippen LogP contribution in [0.3, 0.4) is 0 Å². The number of aryl methyl sites for hydroxylation is 2. The first-order valence-electron chi connectivity index (χ1n) is 6.44. The molecule has 16 heavy (non-hydrogen) atoms. The van der Waals surface area contributed by atoms with Gasteiger partial charge in [-0.05, 0) is 56.7 Å². The number of benzene rings is 1. The summed E-state index contributed by atoms with van der Waals surface area (Å²) in [5.41, 5.74) is 4.32. The van der Waals surface area contributed by atoms with Gasteiger partial charge in [-0.2, -0.15) is 0 Å². The van der Waals surface area contributed by atoms with Crippen molar-refractivity contribution in [3.05, 3.63) is 34.9 Å². The highest BCUT2D eigenvalue weighted by atomic mass is 14.9. The number of hydrogen-bond acceptors (Lipinski definition) is 1. The van der Waals surface area contributed by atoms with Crippen molar-refractivity contribution in [3.8, 4) is 0 Å². The average Bonchev–Trinajstić information content (AvgIpc) is 3.03. The van der Waals surface area contributed by atoms with Gasteiger partial charge in [0.05, 0.1) is 0 Å². The van der Waals surface area contributed by atoms with Crippen molar-refractivity contribution < 1.29 is 0 Å². The molecule has 0 aliphatic heterocycles. The summed E-state index contributed by atoms with van der Waals surface area (Å²) in [6, 6.07) is 7.64. The predicted molar refractivity (Wildman–Crippen MR) is 69.8 cm³/mol. The highest BCUT2D eigenvalue weighted by molar-refractivity contribution is 5.30. The SMILES string of the molecule is Cc1ccc(CC(C)CNC2CC2)c(C)c1. The molecule has 0 spiro atoms. The van der Waals surface area contributed by atoms with Crippen LogP contribution in [-0.4, -0.2) is 12.6 Å². The molecule has 1 fully saturated rings. The maximum Gasteiger partial charge on any atom is 0.00683 e. The Balaban J connectivity index is 1.86. The molecule has 1 aliphatic carbocycles. The number of rotatable bonds is 5. The van der Waals surface area contributed by atoms with Crippen molar-refractivity contribution in [3.63, 3.8) is 0 Å². The minimum Gasteiger partial charge on any atom is -0.314 e. The van der Waals surface area contributed by atoms with Crippen LogP contribution in [0.15, 0.2) is 18.2 Å². The first-order chi connectivity index (χ1) is 7.65. The van der Waals surface area contributed by atoms with Gasteiger partial charge in [-0.15, -0.1) is 0 Å². The molecule has 1 aromatic rings. The Labute approximate surface area is 99.3 Å². The van der Waals surface area contributed by atoms with Gasteiger partial charge in [0.25, 0.3) is 0 Å². The fourth-order valence-corrected chi connectivity index (χ4v) is 2.18. The van der Waals surface area contributed by atoms with Gasteiger partial charge in [-0.3, -0.25) is 0 Å². The lowest BCUT2D eigenvalue weighted by Gasteiger charge is -2.14. The second-order valence-corrected chi connectivity index (χ2v) is 5.42. The Kier molecular flexibility index (Phi) is 3.65. The van der Waals surface area contributed by atoms with E-state index in [0.29, 0.717) is 0 Å². The molecule has 2 rings (SSSR count). The van der Waals surface area contributed by atoms with Crippen LogP contribution < -0.4 is 5.32 Å². The van der Waals surface area contributed by atoms with E-state index in [1.165, 1.54) is 36.0 Å². The highest BCUT2D eigenvalue weighted by Gasteiger charge is 2.20. The Bertz CT molecular complexity index is 352. The van der Waals surface area contributed by atoms with Gasteiger partial charge >= 0.3 is 0 Å². The van der Waals surface area contributed by atoms with E-state index in [1.807, 2.05) is 0 Å². The third-order valence-electron chi connectivity index (χ3n) is 3.40. The summed E-state index contributed by atoms with van der Waals surface area (Å²) in [7, 11) is 0. The van der Waals surface area contributed by atoms with Crippen LogP contribution in [0.2, 0.25) is 0 Å². The zero-order chi connectivity index (χ0) is 11.5. The maximum absolute atomic E-state index is 3.61. The zero-order valence-corrected chi connectivity index (χ0v) is 10.7. The number of hydrogen-bond donors (Lipinski definition) is 1. The Morgan fingerprint density at radius 2 is 2.06 bits per heavy atom. The van der Waals surface area contributed by atoms with E-state index in [-0.39, 0.29) is 0 Å². The molecule has 1 heteroatoms. The third kappa shape index (κ3) is 3.34. The van der Waals surface area contributed by atoms with Crippen molar-refractivity contribution in [2.75, 3.05) is 6.54 Å². The molecule has 0 aromatic heterocycles. The van der Waals surface area contributed by atoms with Crippen LogP contribution in [0.25, 0.3) is 0 Å². The second-order valence-electron chi connectivity index (χ2n) is 5.42. The molecule has 1 aromatic carbocycles. The molecular formula is C15H23N. The highest BCUT2D eigenvalue weighted by Crippen LogP contribution is 2.20. The van der Waals surface area contributed by atoms with Crippen molar-refractivity contribution in [2.24, 2.45) is 5.92 Å². The molecule has 0 amide bonds. The van der Waals surface area contributed by atoms with Crippen LogP contribution in [0.1, 0.15) is 36.5 Å². The second kappa shape index (κ2) is 5.01. The van der Waals surface area contributed by atoms with Crippen molar-refractivity contribution in [1.82, 2.24) is 5.32 Å². The minimum atomic E-state index is 0.738. The molecule has 0 saturated heterocycles. The van der Waals surface area contributed by atoms with E-state index in [4.69, 9.17) is 0 Å². The van der Waals surface area contributed by atoms with Crippen LogP contribution in [0.4, 0.5) is 0 Å². The van der Waals surface area contributed by atoms with Gasteiger partial charge in [-0.1, -0.05) is 30.7 Å². The van der Waals surface area contributed by atoms with E-state index in [0.717, 1.165) is 18.5 Å². The van der Waals surface area contributed by atoms with Crippen LogP contribution in [0, 0.1) is 19.8 Å². The maximum atomic E-state index is 3.61. The summed E-state index contributed by atoms with van der Waals surface area (Å²) in [6.45, 7) is 7.89. The van der Waals surface area contributed by atoms with E-state index in [2.05, 4.69) is 44.3 Å². The molecule has 88 valence electrons. The Morgan fingerprint density at radius 3 is 2.69 bits per heavy atom. The molecule has 1 aliphatic rings. The first kappa shape index (κ1) is 11.7. The lowest BCUT2D eigenvalue weighted by Crippen LogP contribution is -2.24. The van der Waals surface area contributed by atoms with Gasteiger partial charge in [0.1, 0.15) is 0 Å². The van der Waals surface area contributed by atoms with Crippen molar-refractivity contribution in [2.45, 2.75) is 46.1 Å². The summed E-state index contributed by atoms with van der Waals surface area (Å²) in [6.07, 6.45) is 3.97. The third-order valence-corrected chi connectivity index (χ3v) is 3.40. The standard InChI is InChI=1S/C15H23N/c1-11-4-5-14(13(3)8-11)9-12(2)10-16-15-6-7-15/h4-5,8,12,15-16H,6-7,9-10H2,1-3H3. The van der Waals surface area contributed by atoms with Gasteiger partial charge < -0.3 is 5.32 Å². The van der Waals surface area contributed by atoms with Gasteiger partial charge in [0.2, 0.25) is 0 Å². The van der Waals surface area contributed by atoms with E-state index < -0.39 is 0 Å². The first-order valence-corrected chi connectivity index (χ1v) is 6.44. The lowest BCUT2D eigenvalue weighted by molar-refractivity contribution is 0.508. The average molecular weight is 217 g/mol. The van der Waals surface area contributed by atoms with Crippen LogP contribution in [0.5, 0.6) is 0 Å². The minimum absolute atomic E-state index is 0.738. The molecule has 1 saturated carbocycles. The normalized spacial score (nSPS) is 17.4.